The molecule has 0 aromatic heterocycles. The second-order valence-corrected chi connectivity index (χ2v) is 3.76. The first kappa shape index (κ1) is 9.97. The van der Waals surface area contributed by atoms with Crippen LogP contribution in [0.5, 0.6) is 0 Å². The molecule has 1 heterocycles. The number of fused-ring (bicyclic) bond motifs is 1. The highest BCUT2D eigenvalue weighted by Crippen LogP contribution is 2.31. The predicted octanol–water partition coefficient (Wildman–Crippen LogP) is 3.21. The van der Waals surface area contributed by atoms with E-state index >= 15 is 0 Å². The standard InChI is InChI=1S/C13H15NO/c1-2-3-4-8-11-10-7-5-6-9-12(10)14-13(11)15/h5-9H,2-4H2,1H3,(H,14,15)/b11-8+. The Hall–Kier alpha value is -1.57. The van der Waals surface area contributed by atoms with Crippen LogP contribution < -0.4 is 5.32 Å². The highest BCUT2D eigenvalue weighted by Gasteiger charge is 2.22. The lowest BCUT2D eigenvalue weighted by atomic mass is 10.1. The molecule has 0 aliphatic carbocycles. The van der Waals surface area contributed by atoms with E-state index in [9.17, 15) is 4.79 Å². The monoisotopic (exact) mass is 201 g/mol. The Morgan fingerprint density at radius 1 is 1.33 bits per heavy atom. The maximum atomic E-state index is 11.6. The minimum absolute atomic E-state index is 0.0345. The highest BCUT2D eigenvalue weighted by molar-refractivity contribution is 6.31. The lowest BCUT2D eigenvalue weighted by Gasteiger charge is -1.96. The van der Waals surface area contributed by atoms with Crippen LogP contribution in [-0.4, -0.2) is 5.91 Å². The van der Waals surface area contributed by atoms with Gasteiger partial charge in [0, 0.05) is 16.8 Å². The van der Waals surface area contributed by atoms with Gasteiger partial charge in [-0.25, -0.2) is 0 Å². The van der Waals surface area contributed by atoms with Crippen molar-refractivity contribution >= 4 is 17.2 Å². The molecule has 1 aliphatic rings. The Morgan fingerprint density at radius 3 is 2.93 bits per heavy atom. The summed E-state index contributed by atoms with van der Waals surface area (Å²) in [6, 6.07) is 7.83. The Morgan fingerprint density at radius 2 is 2.13 bits per heavy atom. The number of carbonyl (C=O) groups is 1. The van der Waals surface area contributed by atoms with Crippen LogP contribution in [0.4, 0.5) is 5.69 Å². The van der Waals surface area contributed by atoms with Crippen LogP contribution in [0, 0.1) is 0 Å². The molecule has 0 radical (unpaired) electrons. The molecule has 0 saturated carbocycles. The zero-order valence-corrected chi connectivity index (χ0v) is 8.92. The van der Waals surface area contributed by atoms with Crippen molar-refractivity contribution < 1.29 is 4.79 Å². The fourth-order valence-electron chi connectivity index (χ4n) is 1.79. The number of anilines is 1. The summed E-state index contributed by atoms with van der Waals surface area (Å²) in [6.07, 6.45) is 5.32. The van der Waals surface area contributed by atoms with Crippen molar-refractivity contribution in [2.24, 2.45) is 0 Å². The molecule has 0 saturated heterocycles. The van der Waals surface area contributed by atoms with Crippen molar-refractivity contribution in [3.63, 3.8) is 0 Å². The average molecular weight is 201 g/mol. The lowest BCUT2D eigenvalue weighted by molar-refractivity contribution is -0.110. The maximum Gasteiger partial charge on any atom is 0.256 e. The SMILES string of the molecule is CCCC/C=C1/C(=O)Nc2ccccc21. The minimum atomic E-state index is 0.0345. The van der Waals surface area contributed by atoms with Gasteiger partial charge in [0.15, 0.2) is 0 Å². The van der Waals surface area contributed by atoms with Crippen LogP contribution in [-0.2, 0) is 4.79 Å². The molecule has 1 amide bonds. The second kappa shape index (κ2) is 4.30. The minimum Gasteiger partial charge on any atom is -0.321 e. The number of hydrogen-bond donors (Lipinski definition) is 1. The number of carbonyl (C=O) groups excluding carboxylic acids is 1. The molecule has 2 heteroatoms. The molecular formula is C13H15NO. The van der Waals surface area contributed by atoms with Crippen LogP contribution >= 0.6 is 0 Å². The number of rotatable bonds is 3. The van der Waals surface area contributed by atoms with Gasteiger partial charge in [-0.1, -0.05) is 44.0 Å². The summed E-state index contributed by atoms with van der Waals surface area (Å²) in [5.74, 6) is 0.0345. The van der Waals surface area contributed by atoms with E-state index in [-0.39, 0.29) is 5.91 Å². The quantitative estimate of drug-likeness (QED) is 0.590. The molecule has 0 bridgehead atoms. The second-order valence-electron chi connectivity index (χ2n) is 3.76. The van der Waals surface area contributed by atoms with E-state index in [1.54, 1.807) is 0 Å². The first-order valence-corrected chi connectivity index (χ1v) is 5.44. The fraction of sp³-hybridized carbons (Fsp3) is 0.308. The predicted molar refractivity (Wildman–Crippen MR) is 62.6 cm³/mol. The first-order valence-electron chi connectivity index (χ1n) is 5.44. The smallest absolute Gasteiger partial charge is 0.256 e. The molecule has 78 valence electrons. The molecule has 2 rings (SSSR count). The molecule has 0 spiro atoms. The van der Waals surface area contributed by atoms with Gasteiger partial charge in [-0.15, -0.1) is 0 Å². The maximum absolute atomic E-state index is 11.6. The lowest BCUT2D eigenvalue weighted by Crippen LogP contribution is -2.03. The average Bonchev–Trinajstić information content (AvgIpc) is 2.56. The van der Waals surface area contributed by atoms with Crippen molar-refractivity contribution in [2.75, 3.05) is 5.32 Å². The normalized spacial score (nSPS) is 16.6. The largest absolute Gasteiger partial charge is 0.321 e. The summed E-state index contributed by atoms with van der Waals surface area (Å²) >= 11 is 0. The number of nitrogens with one attached hydrogen (secondary N) is 1. The van der Waals surface area contributed by atoms with Crippen LogP contribution in [0.25, 0.3) is 5.57 Å². The van der Waals surface area contributed by atoms with E-state index in [2.05, 4.69) is 12.2 Å². The number of amides is 1. The third-order valence-electron chi connectivity index (χ3n) is 2.62. The third kappa shape index (κ3) is 1.94. The molecule has 15 heavy (non-hydrogen) atoms. The molecule has 1 aromatic carbocycles. The van der Waals surface area contributed by atoms with E-state index in [0.717, 1.165) is 36.1 Å². The van der Waals surface area contributed by atoms with Crippen molar-refractivity contribution in [3.8, 4) is 0 Å². The molecular weight excluding hydrogens is 186 g/mol. The van der Waals surface area contributed by atoms with Crippen LogP contribution in [0.3, 0.4) is 0 Å². The van der Waals surface area contributed by atoms with Crippen molar-refractivity contribution in [1.29, 1.82) is 0 Å². The Labute approximate surface area is 90.0 Å². The van der Waals surface area contributed by atoms with Gasteiger partial charge in [-0.05, 0) is 12.5 Å². The van der Waals surface area contributed by atoms with Crippen LogP contribution in [0.2, 0.25) is 0 Å². The van der Waals surface area contributed by atoms with E-state index < -0.39 is 0 Å². The topological polar surface area (TPSA) is 29.1 Å². The summed E-state index contributed by atoms with van der Waals surface area (Å²) in [4.78, 5) is 11.6. The molecule has 1 N–H and O–H groups in total. The Kier molecular flexibility index (Phi) is 2.86. The van der Waals surface area contributed by atoms with Crippen molar-refractivity contribution in [2.45, 2.75) is 26.2 Å². The summed E-state index contributed by atoms with van der Waals surface area (Å²) in [5.41, 5.74) is 2.81. The Bertz CT molecular complexity index is 407. The van der Waals surface area contributed by atoms with Gasteiger partial charge in [0.1, 0.15) is 0 Å². The summed E-state index contributed by atoms with van der Waals surface area (Å²) in [7, 11) is 0. The van der Waals surface area contributed by atoms with Crippen molar-refractivity contribution in [1.82, 2.24) is 0 Å². The van der Waals surface area contributed by atoms with Gasteiger partial charge >= 0.3 is 0 Å². The number of benzene rings is 1. The van der Waals surface area contributed by atoms with E-state index in [4.69, 9.17) is 0 Å². The number of hydrogen-bond acceptors (Lipinski definition) is 1. The van der Waals surface area contributed by atoms with Gasteiger partial charge < -0.3 is 5.32 Å². The van der Waals surface area contributed by atoms with Gasteiger partial charge in [0.2, 0.25) is 0 Å². The third-order valence-corrected chi connectivity index (χ3v) is 2.62. The summed E-state index contributed by atoms with van der Waals surface area (Å²) < 4.78 is 0. The molecule has 2 nitrogen and oxygen atoms in total. The molecule has 0 fully saturated rings. The van der Waals surface area contributed by atoms with Crippen molar-refractivity contribution in [3.05, 3.63) is 35.9 Å². The Balaban J connectivity index is 2.26. The van der Waals surface area contributed by atoms with E-state index in [1.807, 2.05) is 30.3 Å². The van der Waals surface area contributed by atoms with Crippen LogP contribution in [0.1, 0.15) is 31.7 Å². The zero-order chi connectivity index (χ0) is 10.7. The van der Waals surface area contributed by atoms with Gasteiger partial charge in [-0.2, -0.15) is 0 Å². The number of unbranched alkanes of at least 4 members (excludes halogenated alkanes) is 2. The molecule has 1 aliphatic heterocycles. The van der Waals surface area contributed by atoms with E-state index in [0.29, 0.717) is 0 Å². The highest BCUT2D eigenvalue weighted by atomic mass is 16.1. The molecule has 0 atom stereocenters. The molecule has 1 aromatic rings. The summed E-state index contributed by atoms with van der Waals surface area (Å²) in [6.45, 7) is 2.15. The van der Waals surface area contributed by atoms with Gasteiger partial charge in [0.05, 0.1) is 0 Å². The first-order chi connectivity index (χ1) is 7.33. The van der Waals surface area contributed by atoms with Gasteiger partial charge in [-0.3, -0.25) is 4.79 Å². The number of allylic oxidation sites excluding steroid dienone is 1. The van der Waals surface area contributed by atoms with Crippen LogP contribution in [0.15, 0.2) is 30.3 Å². The van der Waals surface area contributed by atoms with E-state index in [1.165, 1.54) is 0 Å². The summed E-state index contributed by atoms with van der Waals surface area (Å²) in [5, 5.41) is 2.87. The van der Waals surface area contributed by atoms with Gasteiger partial charge in [0.25, 0.3) is 5.91 Å². The fourth-order valence-corrected chi connectivity index (χ4v) is 1.79. The molecule has 0 unspecified atom stereocenters. The zero-order valence-electron chi connectivity index (χ0n) is 8.92. The number of para-hydroxylation sites is 1.